The van der Waals surface area contributed by atoms with Crippen LogP contribution in [0.15, 0.2) is 29.3 Å². The number of nitrogens with zero attached hydrogens (tertiary/aromatic N) is 2. The van der Waals surface area contributed by atoms with Crippen LogP contribution in [-0.2, 0) is 4.74 Å². The first-order valence-corrected chi connectivity index (χ1v) is 9.19. The topological polar surface area (TPSA) is 48.9 Å². The molecule has 0 amide bonds. The third kappa shape index (κ3) is 4.95. The molecular formula is C19H30N4O. The van der Waals surface area contributed by atoms with Gasteiger partial charge >= 0.3 is 0 Å². The van der Waals surface area contributed by atoms with E-state index in [0.717, 1.165) is 45.4 Å². The summed E-state index contributed by atoms with van der Waals surface area (Å²) in [6.45, 7) is 9.50. The van der Waals surface area contributed by atoms with Crippen LogP contribution in [0.2, 0.25) is 0 Å². The van der Waals surface area contributed by atoms with Crippen molar-refractivity contribution in [3.8, 4) is 0 Å². The monoisotopic (exact) mass is 330 g/mol. The minimum Gasteiger partial charge on any atom is -0.379 e. The van der Waals surface area contributed by atoms with Gasteiger partial charge in [-0.3, -0.25) is 9.89 Å². The van der Waals surface area contributed by atoms with E-state index in [1.165, 1.54) is 24.0 Å². The highest BCUT2D eigenvalue weighted by atomic mass is 16.5. The molecule has 5 heteroatoms. The van der Waals surface area contributed by atoms with E-state index in [1.54, 1.807) is 0 Å². The summed E-state index contributed by atoms with van der Waals surface area (Å²) < 4.78 is 5.53. The summed E-state index contributed by atoms with van der Waals surface area (Å²) >= 11 is 0. The van der Waals surface area contributed by atoms with E-state index in [9.17, 15) is 0 Å². The van der Waals surface area contributed by atoms with Crippen molar-refractivity contribution in [2.75, 3.05) is 39.4 Å². The number of aryl methyl sites for hydroxylation is 1. The van der Waals surface area contributed by atoms with Crippen molar-refractivity contribution >= 4 is 5.96 Å². The molecule has 1 aromatic rings. The van der Waals surface area contributed by atoms with Crippen LogP contribution in [0.25, 0.3) is 0 Å². The number of nitrogens with one attached hydrogen (secondary N) is 2. The number of hydrogen-bond acceptors (Lipinski definition) is 3. The molecule has 1 aliphatic heterocycles. The molecule has 2 aliphatic rings. The molecule has 2 N–H and O–H groups in total. The van der Waals surface area contributed by atoms with E-state index < -0.39 is 0 Å². The summed E-state index contributed by atoms with van der Waals surface area (Å²) in [7, 11) is 0. The molecule has 5 nitrogen and oxygen atoms in total. The fourth-order valence-corrected chi connectivity index (χ4v) is 3.12. The lowest BCUT2D eigenvalue weighted by Gasteiger charge is -2.34. The first kappa shape index (κ1) is 17.2. The highest BCUT2D eigenvalue weighted by molar-refractivity contribution is 5.80. The molecule has 0 aromatic heterocycles. The lowest BCUT2D eigenvalue weighted by atomic mass is 10.0. The van der Waals surface area contributed by atoms with Gasteiger partial charge in [0, 0.05) is 25.7 Å². The van der Waals surface area contributed by atoms with Gasteiger partial charge in [-0.2, -0.15) is 0 Å². The summed E-state index contributed by atoms with van der Waals surface area (Å²) in [5.41, 5.74) is 2.65. The Labute approximate surface area is 145 Å². The van der Waals surface area contributed by atoms with E-state index in [0.29, 0.717) is 12.1 Å². The summed E-state index contributed by atoms with van der Waals surface area (Å²) in [6.07, 6.45) is 2.52. The first-order valence-electron chi connectivity index (χ1n) is 9.19. The fourth-order valence-electron chi connectivity index (χ4n) is 3.12. The predicted octanol–water partition coefficient (Wildman–Crippen LogP) is 2.09. The molecule has 1 unspecified atom stereocenters. The van der Waals surface area contributed by atoms with Gasteiger partial charge < -0.3 is 15.4 Å². The third-order valence-corrected chi connectivity index (χ3v) is 4.60. The smallest absolute Gasteiger partial charge is 0.191 e. The van der Waals surface area contributed by atoms with E-state index in [1.807, 2.05) is 0 Å². The predicted molar refractivity (Wildman–Crippen MR) is 98.4 cm³/mol. The number of aliphatic imine (C=N–C) groups is 1. The van der Waals surface area contributed by atoms with Gasteiger partial charge in [0.2, 0.25) is 0 Å². The van der Waals surface area contributed by atoms with Gasteiger partial charge in [0.25, 0.3) is 0 Å². The first-order chi connectivity index (χ1) is 11.8. The SMILES string of the molecule is CCNC(=NCC(c1cccc(C)c1)N1CCOCC1)NC1CC1. The van der Waals surface area contributed by atoms with Crippen LogP contribution in [0.1, 0.15) is 36.9 Å². The maximum Gasteiger partial charge on any atom is 0.191 e. The molecule has 24 heavy (non-hydrogen) atoms. The molecular weight excluding hydrogens is 300 g/mol. The van der Waals surface area contributed by atoms with Crippen molar-refractivity contribution in [2.24, 2.45) is 4.99 Å². The highest BCUT2D eigenvalue weighted by Gasteiger charge is 2.24. The molecule has 1 saturated heterocycles. The lowest BCUT2D eigenvalue weighted by Crippen LogP contribution is -2.42. The molecule has 1 heterocycles. The second kappa shape index (κ2) is 8.49. The van der Waals surface area contributed by atoms with Crippen LogP contribution in [0, 0.1) is 6.92 Å². The molecule has 0 bridgehead atoms. The minimum atomic E-state index is 0.309. The van der Waals surface area contributed by atoms with Gasteiger partial charge in [-0.05, 0) is 32.3 Å². The Kier molecular flexibility index (Phi) is 6.10. The largest absolute Gasteiger partial charge is 0.379 e. The van der Waals surface area contributed by atoms with Crippen LogP contribution in [-0.4, -0.2) is 56.3 Å². The number of rotatable bonds is 6. The molecule has 1 aromatic carbocycles. The van der Waals surface area contributed by atoms with Crippen molar-refractivity contribution in [1.82, 2.24) is 15.5 Å². The Bertz CT molecular complexity index is 550. The third-order valence-electron chi connectivity index (χ3n) is 4.60. The Hall–Kier alpha value is -1.59. The Balaban J connectivity index is 1.75. The summed E-state index contributed by atoms with van der Waals surface area (Å²) in [5, 5.41) is 6.88. The van der Waals surface area contributed by atoms with Gasteiger partial charge in [0.1, 0.15) is 0 Å². The maximum absolute atomic E-state index is 5.53. The van der Waals surface area contributed by atoms with Crippen LogP contribution < -0.4 is 10.6 Å². The van der Waals surface area contributed by atoms with Gasteiger partial charge in [-0.15, -0.1) is 0 Å². The number of benzene rings is 1. The molecule has 1 saturated carbocycles. The zero-order valence-electron chi connectivity index (χ0n) is 14.9. The number of morpholine rings is 1. The zero-order valence-corrected chi connectivity index (χ0v) is 14.9. The molecule has 0 radical (unpaired) electrons. The molecule has 1 aliphatic carbocycles. The number of hydrogen-bond donors (Lipinski definition) is 2. The Morgan fingerprint density at radius 2 is 2.12 bits per heavy atom. The van der Waals surface area contributed by atoms with Crippen LogP contribution in [0.4, 0.5) is 0 Å². The molecule has 2 fully saturated rings. The van der Waals surface area contributed by atoms with Crippen LogP contribution in [0.3, 0.4) is 0 Å². The van der Waals surface area contributed by atoms with Crippen molar-refractivity contribution in [1.29, 1.82) is 0 Å². The van der Waals surface area contributed by atoms with E-state index >= 15 is 0 Å². The van der Waals surface area contributed by atoms with E-state index in [4.69, 9.17) is 9.73 Å². The van der Waals surface area contributed by atoms with E-state index in [-0.39, 0.29) is 0 Å². The standard InChI is InChI=1S/C19H30N4O/c1-3-20-19(22-17-7-8-17)21-14-18(23-9-11-24-12-10-23)16-6-4-5-15(2)13-16/h4-6,13,17-18H,3,7-12,14H2,1-2H3,(H2,20,21,22). The maximum atomic E-state index is 5.53. The second-order valence-corrected chi connectivity index (χ2v) is 6.72. The average Bonchev–Trinajstić information content (AvgIpc) is 3.40. The summed E-state index contributed by atoms with van der Waals surface area (Å²) in [6, 6.07) is 9.74. The summed E-state index contributed by atoms with van der Waals surface area (Å²) in [5.74, 6) is 0.950. The van der Waals surface area contributed by atoms with Gasteiger partial charge in [-0.1, -0.05) is 29.8 Å². The van der Waals surface area contributed by atoms with Crippen molar-refractivity contribution < 1.29 is 4.74 Å². The van der Waals surface area contributed by atoms with Gasteiger partial charge in [0.05, 0.1) is 25.8 Å². The van der Waals surface area contributed by atoms with Crippen LogP contribution >= 0.6 is 0 Å². The van der Waals surface area contributed by atoms with Crippen molar-refractivity contribution in [3.05, 3.63) is 35.4 Å². The molecule has 132 valence electrons. The molecule has 3 rings (SSSR count). The van der Waals surface area contributed by atoms with Gasteiger partial charge in [0.15, 0.2) is 5.96 Å². The van der Waals surface area contributed by atoms with Gasteiger partial charge in [-0.25, -0.2) is 0 Å². The lowest BCUT2D eigenvalue weighted by molar-refractivity contribution is 0.0179. The fraction of sp³-hybridized carbons (Fsp3) is 0.632. The minimum absolute atomic E-state index is 0.309. The van der Waals surface area contributed by atoms with E-state index in [2.05, 4.69) is 53.6 Å². The summed E-state index contributed by atoms with van der Waals surface area (Å²) in [4.78, 5) is 7.39. The Morgan fingerprint density at radius 3 is 2.79 bits per heavy atom. The Morgan fingerprint density at radius 1 is 1.33 bits per heavy atom. The number of guanidine groups is 1. The average molecular weight is 330 g/mol. The van der Waals surface area contributed by atoms with Crippen LogP contribution in [0.5, 0.6) is 0 Å². The quantitative estimate of drug-likeness (QED) is 0.619. The highest BCUT2D eigenvalue weighted by Crippen LogP contribution is 2.23. The molecule has 0 spiro atoms. The van der Waals surface area contributed by atoms with Crippen molar-refractivity contribution in [2.45, 2.75) is 38.8 Å². The van der Waals surface area contributed by atoms with Crippen molar-refractivity contribution in [3.63, 3.8) is 0 Å². The second-order valence-electron chi connectivity index (χ2n) is 6.72. The number of ether oxygens (including phenoxy) is 1. The normalized spacial score (nSPS) is 20.7. The molecule has 1 atom stereocenters. The zero-order chi connectivity index (χ0) is 16.8.